The van der Waals surface area contributed by atoms with E-state index in [1.54, 1.807) is 17.0 Å². The zero-order valence-electron chi connectivity index (χ0n) is 8.18. The van der Waals surface area contributed by atoms with Crippen LogP contribution in [0, 0.1) is 0 Å². The Balaban J connectivity index is 2.55. The lowest BCUT2D eigenvalue weighted by molar-refractivity contribution is 0.528. The Bertz CT molecular complexity index is 428. The smallest absolute Gasteiger partial charge is 0.225 e. The van der Waals surface area contributed by atoms with Gasteiger partial charge in [-0.1, -0.05) is 0 Å². The van der Waals surface area contributed by atoms with Crippen molar-refractivity contribution in [3.63, 3.8) is 0 Å². The van der Waals surface area contributed by atoms with Crippen LogP contribution in [0.1, 0.15) is 13.8 Å². The van der Waals surface area contributed by atoms with Gasteiger partial charge in [0.05, 0.1) is 6.20 Å². The van der Waals surface area contributed by atoms with Crippen molar-refractivity contribution in [2.45, 2.75) is 13.8 Å². The molecule has 0 unspecified atom stereocenters. The minimum absolute atomic E-state index is 0.435. The predicted octanol–water partition coefficient (Wildman–Crippen LogP) is 1.16. The van der Waals surface area contributed by atoms with Gasteiger partial charge in [0.1, 0.15) is 6.33 Å². The molecule has 0 aromatic carbocycles. The van der Waals surface area contributed by atoms with Crippen molar-refractivity contribution in [3.05, 3.63) is 17.8 Å². The van der Waals surface area contributed by atoms with Gasteiger partial charge in [-0.25, -0.2) is 9.97 Å². The van der Waals surface area contributed by atoms with Crippen molar-refractivity contribution in [1.82, 2.24) is 19.3 Å². The number of imidazole rings is 1. The molecule has 2 aromatic heterocycles. The molecular formula is C8H12ClN5. The molecule has 0 aliphatic carbocycles. The second-order valence-electron chi connectivity index (χ2n) is 2.90. The van der Waals surface area contributed by atoms with Crippen LogP contribution >= 0.6 is 11.6 Å². The summed E-state index contributed by atoms with van der Waals surface area (Å²) < 4.78 is 1.77. The van der Waals surface area contributed by atoms with Crippen LogP contribution in [-0.2, 0) is 0 Å². The minimum atomic E-state index is 0.435. The van der Waals surface area contributed by atoms with E-state index >= 15 is 0 Å². The number of nitrogens with zero attached hydrogens (tertiary/aromatic N) is 5. The van der Waals surface area contributed by atoms with Gasteiger partial charge < -0.3 is 0 Å². The second-order valence-corrected chi connectivity index (χ2v) is 3.24. The van der Waals surface area contributed by atoms with Crippen LogP contribution in [0.4, 0.5) is 0 Å². The zero-order valence-corrected chi connectivity index (χ0v) is 8.94. The maximum absolute atomic E-state index is 5.94. The van der Waals surface area contributed by atoms with Gasteiger partial charge in [0.25, 0.3) is 0 Å². The zero-order chi connectivity index (χ0) is 10.1. The molecule has 0 bridgehead atoms. The van der Waals surface area contributed by atoms with E-state index < -0.39 is 0 Å². The summed E-state index contributed by atoms with van der Waals surface area (Å²) in [6.45, 7) is 5.97. The quantitative estimate of drug-likeness (QED) is 0.768. The van der Waals surface area contributed by atoms with Crippen molar-refractivity contribution < 1.29 is 0 Å². The summed E-state index contributed by atoms with van der Waals surface area (Å²) in [5, 5.41) is 2.54. The lowest BCUT2D eigenvalue weighted by Gasteiger charge is -2.21. The van der Waals surface area contributed by atoms with E-state index in [1.165, 1.54) is 0 Å². The van der Waals surface area contributed by atoms with Crippen molar-refractivity contribution >= 4 is 17.2 Å². The maximum Gasteiger partial charge on any atom is 0.225 e. The van der Waals surface area contributed by atoms with E-state index in [4.69, 9.17) is 11.6 Å². The number of hydrogen-bond donors (Lipinski definition) is 0. The Labute approximate surface area is 86.9 Å². The maximum atomic E-state index is 5.94. The number of fused-ring (bicyclic) bond motifs is 1. The third-order valence-electron chi connectivity index (χ3n) is 2.20. The summed E-state index contributed by atoms with van der Waals surface area (Å²) in [6.07, 6.45) is 3.40. The largest absolute Gasteiger partial charge is 0.297 e. The van der Waals surface area contributed by atoms with Crippen molar-refractivity contribution in [3.8, 4) is 0 Å². The molecule has 0 atom stereocenters. The highest BCUT2D eigenvalue weighted by atomic mass is 35.5. The molecule has 0 spiro atoms. The molecular weight excluding hydrogens is 202 g/mol. The van der Waals surface area contributed by atoms with Crippen LogP contribution in [0.15, 0.2) is 12.5 Å². The van der Waals surface area contributed by atoms with Crippen LogP contribution in [-0.4, -0.2) is 32.4 Å². The van der Waals surface area contributed by atoms with E-state index in [2.05, 4.69) is 28.8 Å². The van der Waals surface area contributed by atoms with E-state index in [0.717, 1.165) is 18.7 Å². The molecule has 0 saturated carbocycles. The van der Waals surface area contributed by atoms with E-state index in [-0.39, 0.29) is 0 Å². The average molecular weight is 214 g/mol. The van der Waals surface area contributed by atoms with Crippen LogP contribution in [0.5, 0.6) is 0 Å². The summed E-state index contributed by atoms with van der Waals surface area (Å²) in [7, 11) is 0. The molecule has 2 rings (SSSR count). The van der Waals surface area contributed by atoms with Gasteiger partial charge in [0, 0.05) is 13.1 Å². The Hall–Kier alpha value is -1.23. The number of aromatic nitrogens is 4. The third kappa shape index (κ3) is 1.24. The standard InChI is InChI=1S/C8H12ClN5/c1-3-12(4-2)13-6-11-7-5-10-8(9)14(7)13/h5-6H,3-4H2,1-2H3. The van der Waals surface area contributed by atoms with Gasteiger partial charge in [0.2, 0.25) is 5.28 Å². The molecule has 0 aliphatic rings. The number of hydrogen-bond acceptors (Lipinski definition) is 3. The fourth-order valence-corrected chi connectivity index (χ4v) is 1.68. The average Bonchev–Trinajstić information content (AvgIpc) is 2.74. The first kappa shape index (κ1) is 9.33. The summed E-state index contributed by atoms with van der Waals surface area (Å²) in [6, 6.07) is 0. The molecule has 76 valence electrons. The number of rotatable bonds is 3. The Morgan fingerprint density at radius 2 is 2.07 bits per heavy atom. The minimum Gasteiger partial charge on any atom is -0.297 e. The van der Waals surface area contributed by atoms with Gasteiger partial charge in [-0.2, -0.15) is 9.31 Å². The van der Waals surface area contributed by atoms with Crippen LogP contribution < -0.4 is 5.01 Å². The molecule has 0 radical (unpaired) electrons. The summed E-state index contributed by atoms with van der Waals surface area (Å²) in [5.41, 5.74) is 0.766. The summed E-state index contributed by atoms with van der Waals surface area (Å²) in [5.74, 6) is 0. The lowest BCUT2D eigenvalue weighted by atomic mass is 10.6. The molecule has 2 aromatic rings. The van der Waals surface area contributed by atoms with Gasteiger partial charge in [-0.3, -0.25) is 5.01 Å². The molecule has 0 aliphatic heterocycles. The molecule has 0 fully saturated rings. The van der Waals surface area contributed by atoms with Gasteiger partial charge in [-0.05, 0) is 25.4 Å². The van der Waals surface area contributed by atoms with Gasteiger partial charge in [0.15, 0.2) is 5.65 Å². The normalized spacial score (nSPS) is 11.1. The Kier molecular flexibility index (Phi) is 2.33. The predicted molar refractivity (Wildman–Crippen MR) is 55.3 cm³/mol. The molecule has 0 N–H and O–H groups in total. The second kappa shape index (κ2) is 3.49. The summed E-state index contributed by atoms with van der Waals surface area (Å²) >= 11 is 5.94. The van der Waals surface area contributed by atoms with Gasteiger partial charge in [-0.15, -0.1) is 0 Å². The first-order valence-corrected chi connectivity index (χ1v) is 4.97. The van der Waals surface area contributed by atoms with E-state index in [0.29, 0.717) is 5.28 Å². The van der Waals surface area contributed by atoms with Crippen LogP contribution in [0.25, 0.3) is 5.65 Å². The molecule has 0 amide bonds. The lowest BCUT2D eigenvalue weighted by Crippen LogP contribution is -2.36. The molecule has 0 saturated heterocycles. The Morgan fingerprint density at radius 3 is 2.71 bits per heavy atom. The molecule has 14 heavy (non-hydrogen) atoms. The highest BCUT2D eigenvalue weighted by Crippen LogP contribution is 2.09. The van der Waals surface area contributed by atoms with E-state index in [9.17, 15) is 0 Å². The van der Waals surface area contributed by atoms with Crippen molar-refractivity contribution in [2.24, 2.45) is 0 Å². The molecule has 6 heteroatoms. The highest BCUT2D eigenvalue weighted by Gasteiger charge is 2.09. The monoisotopic (exact) mass is 213 g/mol. The topological polar surface area (TPSA) is 38.4 Å². The summed E-state index contributed by atoms with van der Waals surface area (Å²) in [4.78, 5) is 10.1. The Morgan fingerprint density at radius 1 is 1.36 bits per heavy atom. The SMILES string of the molecule is CCN(CC)n1cnc2cnc(Cl)n21. The number of halogens is 1. The first-order chi connectivity index (χ1) is 6.77. The van der Waals surface area contributed by atoms with Gasteiger partial charge >= 0.3 is 0 Å². The first-order valence-electron chi connectivity index (χ1n) is 4.59. The third-order valence-corrected chi connectivity index (χ3v) is 2.45. The van der Waals surface area contributed by atoms with Crippen LogP contribution in [0.2, 0.25) is 5.28 Å². The van der Waals surface area contributed by atoms with E-state index in [1.807, 2.05) is 4.79 Å². The molecule has 2 heterocycles. The highest BCUT2D eigenvalue weighted by molar-refractivity contribution is 6.28. The van der Waals surface area contributed by atoms with Crippen molar-refractivity contribution in [2.75, 3.05) is 18.1 Å². The fraction of sp³-hybridized carbons (Fsp3) is 0.500. The fourth-order valence-electron chi connectivity index (χ4n) is 1.47. The van der Waals surface area contributed by atoms with Crippen molar-refractivity contribution in [1.29, 1.82) is 0 Å². The van der Waals surface area contributed by atoms with Crippen LogP contribution in [0.3, 0.4) is 0 Å². The molecule has 5 nitrogen and oxygen atoms in total.